The fourth-order valence-electron chi connectivity index (χ4n) is 2.70. The summed E-state index contributed by atoms with van der Waals surface area (Å²) in [7, 11) is 1.64. The lowest BCUT2D eigenvalue weighted by Crippen LogP contribution is -2.47. The van der Waals surface area contributed by atoms with Crippen molar-refractivity contribution in [3.63, 3.8) is 0 Å². The van der Waals surface area contributed by atoms with Crippen molar-refractivity contribution in [1.29, 1.82) is 0 Å². The first-order chi connectivity index (χ1) is 10.8. The zero-order chi connectivity index (χ0) is 15.4. The van der Waals surface area contributed by atoms with Gasteiger partial charge in [-0.15, -0.1) is 0 Å². The molecule has 114 valence electrons. The number of carbonyl (C=O) groups excluding carboxylic acids is 1. The minimum Gasteiger partial charge on any atom is -0.497 e. The van der Waals surface area contributed by atoms with Gasteiger partial charge in [-0.2, -0.15) is 0 Å². The van der Waals surface area contributed by atoms with Crippen LogP contribution in [0.15, 0.2) is 48.5 Å². The van der Waals surface area contributed by atoms with Crippen molar-refractivity contribution in [2.24, 2.45) is 0 Å². The highest BCUT2D eigenvalue weighted by atomic mass is 16.5. The molecule has 0 aromatic heterocycles. The van der Waals surface area contributed by atoms with Crippen LogP contribution in [0.1, 0.15) is 16.7 Å². The molecule has 1 aliphatic heterocycles. The molecule has 2 aromatic carbocycles. The topological polar surface area (TPSA) is 50.4 Å². The summed E-state index contributed by atoms with van der Waals surface area (Å²) in [6.07, 6.45) is 0.741. The highest BCUT2D eigenvalue weighted by molar-refractivity contribution is 5.82. The van der Waals surface area contributed by atoms with Crippen molar-refractivity contribution in [3.8, 4) is 5.75 Å². The predicted octanol–water partition coefficient (Wildman–Crippen LogP) is 2.03. The molecule has 1 heterocycles. The van der Waals surface area contributed by atoms with Gasteiger partial charge in [-0.3, -0.25) is 4.79 Å². The summed E-state index contributed by atoms with van der Waals surface area (Å²) in [4.78, 5) is 12.3. The predicted molar refractivity (Wildman–Crippen MR) is 85.6 cm³/mol. The average molecular weight is 296 g/mol. The lowest BCUT2D eigenvalue weighted by atomic mass is 9.95. The first-order valence-electron chi connectivity index (χ1n) is 7.47. The highest BCUT2D eigenvalue weighted by Crippen LogP contribution is 2.16. The maximum absolute atomic E-state index is 12.3. The number of amides is 1. The molecule has 1 atom stereocenters. The molecule has 3 rings (SSSR count). The van der Waals surface area contributed by atoms with Gasteiger partial charge in [0.2, 0.25) is 5.91 Å². The minimum absolute atomic E-state index is 0.0466. The van der Waals surface area contributed by atoms with Crippen LogP contribution in [0.25, 0.3) is 0 Å². The van der Waals surface area contributed by atoms with Crippen molar-refractivity contribution in [2.75, 3.05) is 7.11 Å². The molecule has 0 saturated heterocycles. The zero-order valence-corrected chi connectivity index (χ0v) is 12.6. The Labute approximate surface area is 130 Å². The second-order valence-corrected chi connectivity index (χ2v) is 5.47. The third-order valence-corrected chi connectivity index (χ3v) is 4.02. The molecular weight excluding hydrogens is 276 g/mol. The number of nitrogens with one attached hydrogen (secondary N) is 2. The molecule has 0 fully saturated rings. The van der Waals surface area contributed by atoms with E-state index < -0.39 is 0 Å². The van der Waals surface area contributed by atoms with Crippen LogP contribution in [-0.2, 0) is 24.3 Å². The van der Waals surface area contributed by atoms with Gasteiger partial charge in [0.15, 0.2) is 0 Å². The summed E-state index contributed by atoms with van der Waals surface area (Å²) < 4.78 is 5.13. The standard InChI is InChI=1S/C18H20N2O2/c1-22-16-8-6-13(7-9-16)11-20-18(21)17-10-14-4-2-3-5-15(14)12-19-17/h2-9,17,19H,10-12H2,1H3,(H,20,21)/t17-/m1/s1. The van der Waals surface area contributed by atoms with Crippen LogP contribution in [0.2, 0.25) is 0 Å². The fraction of sp³-hybridized carbons (Fsp3) is 0.278. The van der Waals surface area contributed by atoms with Gasteiger partial charge in [-0.05, 0) is 35.2 Å². The van der Waals surface area contributed by atoms with Crippen molar-refractivity contribution in [3.05, 3.63) is 65.2 Å². The Morgan fingerprint density at radius 3 is 2.64 bits per heavy atom. The fourth-order valence-corrected chi connectivity index (χ4v) is 2.70. The number of hydrogen-bond acceptors (Lipinski definition) is 3. The van der Waals surface area contributed by atoms with Crippen LogP contribution < -0.4 is 15.4 Å². The Morgan fingerprint density at radius 1 is 1.18 bits per heavy atom. The van der Waals surface area contributed by atoms with Crippen molar-refractivity contribution in [1.82, 2.24) is 10.6 Å². The lowest BCUT2D eigenvalue weighted by molar-refractivity contribution is -0.123. The maximum atomic E-state index is 12.3. The van der Waals surface area contributed by atoms with Gasteiger partial charge in [0.05, 0.1) is 13.2 Å². The van der Waals surface area contributed by atoms with Crippen LogP contribution in [0, 0.1) is 0 Å². The summed E-state index contributed by atoms with van der Waals surface area (Å²) in [5, 5.41) is 6.29. The molecular formula is C18H20N2O2. The Balaban J connectivity index is 1.56. The molecule has 0 radical (unpaired) electrons. The molecule has 0 spiro atoms. The molecule has 0 saturated carbocycles. The van der Waals surface area contributed by atoms with Crippen molar-refractivity contribution in [2.45, 2.75) is 25.6 Å². The quantitative estimate of drug-likeness (QED) is 0.907. The van der Waals surface area contributed by atoms with E-state index in [1.807, 2.05) is 36.4 Å². The van der Waals surface area contributed by atoms with E-state index >= 15 is 0 Å². The van der Waals surface area contributed by atoms with Crippen LogP contribution in [-0.4, -0.2) is 19.1 Å². The average Bonchev–Trinajstić information content (AvgIpc) is 2.59. The van der Waals surface area contributed by atoms with E-state index in [1.165, 1.54) is 11.1 Å². The van der Waals surface area contributed by atoms with Gasteiger partial charge >= 0.3 is 0 Å². The number of carbonyl (C=O) groups is 1. The maximum Gasteiger partial charge on any atom is 0.237 e. The summed E-state index contributed by atoms with van der Waals surface area (Å²) in [6, 6.07) is 15.8. The van der Waals surface area contributed by atoms with Crippen molar-refractivity contribution < 1.29 is 9.53 Å². The van der Waals surface area contributed by atoms with E-state index in [0.29, 0.717) is 6.54 Å². The smallest absolute Gasteiger partial charge is 0.237 e. The Hall–Kier alpha value is -2.33. The number of rotatable bonds is 4. The van der Waals surface area contributed by atoms with Gasteiger partial charge in [0.25, 0.3) is 0 Å². The van der Waals surface area contributed by atoms with E-state index in [2.05, 4.69) is 22.8 Å². The summed E-state index contributed by atoms with van der Waals surface area (Å²) >= 11 is 0. The molecule has 1 aliphatic rings. The second kappa shape index (κ2) is 6.62. The molecule has 2 N–H and O–H groups in total. The largest absolute Gasteiger partial charge is 0.497 e. The lowest BCUT2D eigenvalue weighted by Gasteiger charge is -2.25. The normalized spacial score (nSPS) is 16.7. The molecule has 0 bridgehead atoms. The number of methoxy groups -OCH3 is 1. The van der Waals surface area contributed by atoms with Crippen LogP contribution in [0.5, 0.6) is 5.75 Å². The summed E-state index contributed by atoms with van der Waals surface area (Å²) in [5.41, 5.74) is 3.60. The molecule has 0 aliphatic carbocycles. The first kappa shape index (κ1) is 14.6. The van der Waals surface area contributed by atoms with Crippen molar-refractivity contribution >= 4 is 5.91 Å². The molecule has 1 amide bonds. The summed E-state index contributed by atoms with van der Waals surface area (Å²) in [6.45, 7) is 1.28. The molecule has 4 heteroatoms. The number of benzene rings is 2. The molecule has 22 heavy (non-hydrogen) atoms. The highest BCUT2D eigenvalue weighted by Gasteiger charge is 2.23. The Bertz CT molecular complexity index is 652. The van der Waals surface area contributed by atoms with Gasteiger partial charge in [-0.25, -0.2) is 0 Å². The number of ether oxygens (including phenoxy) is 1. The molecule has 2 aromatic rings. The van der Waals surface area contributed by atoms with E-state index in [4.69, 9.17) is 4.74 Å². The van der Waals surface area contributed by atoms with Crippen LogP contribution >= 0.6 is 0 Å². The number of fused-ring (bicyclic) bond motifs is 1. The Morgan fingerprint density at radius 2 is 1.91 bits per heavy atom. The van der Waals surface area contributed by atoms with E-state index in [1.54, 1.807) is 7.11 Å². The van der Waals surface area contributed by atoms with Gasteiger partial charge in [0, 0.05) is 13.1 Å². The number of hydrogen-bond donors (Lipinski definition) is 2. The molecule has 4 nitrogen and oxygen atoms in total. The molecule has 0 unspecified atom stereocenters. The van der Waals surface area contributed by atoms with Gasteiger partial charge in [0.1, 0.15) is 5.75 Å². The van der Waals surface area contributed by atoms with E-state index in [-0.39, 0.29) is 11.9 Å². The van der Waals surface area contributed by atoms with Crippen LogP contribution in [0.4, 0.5) is 0 Å². The van der Waals surface area contributed by atoms with Gasteiger partial charge < -0.3 is 15.4 Å². The Kier molecular flexibility index (Phi) is 4.39. The third kappa shape index (κ3) is 3.28. The van der Waals surface area contributed by atoms with Gasteiger partial charge in [-0.1, -0.05) is 36.4 Å². The second-order valence-electron chi connectivity index (χ2n) is 5.47. The SMILES string of the molecule is COc1ccc(CNC(=O)[C@H]2Cc3ccccc3CN2)cc1. The van der Waals surface area contributed by atoms with Crippen LogP contribution in [0.3, 0.4) is 0 Å². The summed E-state index contributed by atoms with van der Waals surface area (Å²) in [5.74, 6) is 0.867. The van der Waals surface area contributed by atoms with E-state index in [9.17, 15) is 4.79 Å². The third-order valence-electron chi connectivity index (χ3n) is 4.02. The first-order valence-corrected chi connectivity index (χ1v) is 7.47. The van der Waals surface area contributed by atoms with E-state index in [0.717, 1.165) is 24.3 Å². The minimum atomic E-state index is -0.159. The zero-order valence-electron chi connectivity index (χ0n) is 12.6. The monoisotopic (exact) mass is 296 g/mol.